The standard InChI is InChI=1S/C64H54N2.C26H22Br2.C19H17N.2CH4.K.H/c1-42-19-9-15-29-58(42)65(60-31-17-13-25-51(60)46-21-5-3-6-22-46)50-33-34-55-56(40-50)64(48-36-44-35-45(38-48)39-49(64)37-44)57-41-62(53-27-11-12-28-54(53)63(55)57)66(59-30-16-10-20-43(59)2)61-32-18-14-26-52(61)47-23-7-4-8-24-47;27-18-5-6-21-22(12-18)26(16-8-14-7-15(10-16)11-17(26)9-14)23-13-24(28)19-3-1-2-4-20(19)25(21)23;1-15-9-5-7-13-18(15)20-19-14-8-6-12-17(19)16-10-3-2-4-11-16;;;;/h3-34,40-41,44-45,48-49H,35-39H2,1-2H3;1-6,12-17H,7-11H2;2-14,20H,1H3;2*1H4;;/q;;;;;+1;-1. The van der Waals surface area contributed by atoms with E-state index in [9.17, 15) is 0 Å². The maximum atomic E-state index is 3.95. The van der Waals surface area contributed by atoms with E-state index < -0.39 is 0 Å². The molecule has 0 heterocycles. The Balaban J connectivity index is 0.000000157. The van der Waals surface area contributed by atoms with Crippen LogP contribution >= 0.6 is 31.9 Å². The Morgan fingerprint density at radius 3 is 1.16 bits per heavy atom. The number of rotatable bonds is 11. The largest absolute Gasteiger partial charge is 1.00 e. The Labute approximate surface area is 754 Å². The third-order valence-electron chi connectivity index (χ3n) is 28.3. The van der Waals surface area contributed by atoms with Crippen molar-refractivity contribution in [3.8, 4) is 55.6 Å². The van der Waals surface area contributed by atoms with Crippen molar-refractivity contribution in [3.05, 3.63) is 382 Å². The number of aryl methyl sites for hydroxylation is 3. The molecule has 0 amide bonds. The van der Waals surface area contributed by atoms with Gasteiger partial charge in [0.2, 0.25) is 0 Å². The first-order chi connectivity index (χ1) is 56.1. The van der Waals surface area contributed by atoms with E-state index in [4.69, 9.17) is 0 Å². The first kappa shape index (κ1) is 79.0. The fourth-order valence-electron chi connectivity index (χ4n) is 24.1. The average Bonchev–Trinajstić information content (AvgIpc) is 1.50. The van der Waals surface area contributed by atoms with E-state index in [1.54, 1.807) is 22.3 Å². The maximum absolute atomic E-state index is 3.95. The van der Waals surface area contributed by atoms with Gasteiger partial charge >= 0.3 is 51.4 Å². The first-order valence-corrected chi connectivity index (χ1v) is 43.4. The molecular weight excluding hydrogens is 1570 g/mol. The van der Waals surface area contributed by atoms with Gasteiger partial charge < -0.3 is 16.5 Å². The van der Waals surface area contributed by atoms with Crippen LogP contribution in [0, 0.1) is 68.1 Å². The minimum absolute atomic E-state index is 0. The molecule has 1 N–H and O–H groups in total. The molecular formula is C111H102Br2KN3. The van der Waals surface area contributed by atoms with Gasteiger partial charge in [0.15, 0.2) is 0 Å². The predicted molar refractivity (Wildman–Crippen MR) is 500 cm³/mol. The van der Waals surface area contributed by atoms with Crippen LogP contribution < -0.4 is 66.5 Å². The fraction of sp³-hybridized carbons (Fsp3) is 0.225. The Bertz CT molecular complexity index is 6180. The van der Waals surface area contributed by atoms with Gasteiger partial charge in [-0.25, -0.2) is 0 Å². The molecule has 25 rings (SSSR count). The number of anilines is 8. The number of halogens is 2. The second-order valence-electron chi connectivity index (χ2n) is 34.3. The number of fused-ring (bicyclic) bond motifs is 10. The van der Waals surface area contributed by atoms with E-state index in [0.29, 0.717) is 11.8 Å². The number of benzene rings is 15. The summed E-state index contributed by atoms with van der Waals surface area (Å²) in [5.74, 6) is 6.42. The van der Waals surface area contributed by atoms with E-state index in [-0.39, 0.29) is 78.5 Å². The molecule has 576 valence electrons. The molecule has 15 aromatic carbocycles. The minimum Gasteiger partial charge on any atom is -1.00 e. The van der Waals surface area contributed by atoms with Crippen molar-refractivity contribution in [1.29, 1.82) is 0 Å². The molecule has 3 nitrogen and oxygen atoms in total. The molecule has 10 aliphatic carbocycles. The van der Waals surface area contributed by atoms with Crippen molar-refractivity contribution in [1.82, 2.24) is 0 Å². The molecule has 10 aliphatic rings. The molecule has 0 unspecified atom stereocenters. The van der Waals surface area contributed by atoms with Crippen LogP contribution in [-0.4, -0.2) is 0 Å². The summed E-state index contributed by atoms with van der Waals surface area (Å²) in [6.45, 7) is 6.66. The zero-order chi connectivity index (χ0) is 76.3. The van der Waals surface area contributed by atoms with Gasteiger partial charge in [-0.15, -0.1) is 0 Å². The summed E-state index contributed by atoms with van der Waals surface area (Å²) >= 11 is 7.77. The predicted octanol–water partition coefficient (Wildman–Crippen LogP) is 29.3. The molecule has 6 heteroatoms. The van der Waals surface area contributed by atoms with Crippen LogP contribution in [0.15, 0.2) is 343 Å². The van der Waals surface area contributed by atoms with E-state index >= 15 is 0 Å². The summed E-state index contributed by atoms with van der Waals surface area (Å²) in [5, 5.41) is 8.94. The Morgan fingerprint density at radius 2 is 0.658 bits per heavy atom. The van der Waals surface area contributed by atoms with Gasteiger partial charge in [-0.05, 0) is 299 Å². The van der Waals surface area contributed by atoms with Gasteiger partial charge in [-0.3, -0.25) is 0 Å². The van der Waals surface area contributed by atoms with Crippen LogP contribution in [0.2, 0.25) is 0 Å². The molecule has 8 bridgehead atoms. The van der Waals surface area contributed by atoms with E-state index in [2.05, 4.69) is 395 Å². The second-order valence-corrected chi connectivity index (χ2v) is 36.1. The molecule has 0 aromatic heterocycles. The van der Waals surface area contributed by atoms with Crippen molar-refractivity contribution in [3.63, 3.8) is 0 Å². The summed E-state index contributed by atoms with van der Waals surface area (Å²) in [6, 6.07) is 123. The number of hydrogen-bond donors (Lipinski definition) is 1. The Morgan fingerprint density at radius 1 is 0.291 bits per heavy atom. The topological polar surface area (TPSA) is 18.5 Å². The van der Waals surface area contributed by atoms with Crippen LogP contribution in [0.3, 0.4) is 0 Å². The van der Waals surface area contributed by atoms with Gasteiger partial charge in [0.05, 0.1) is 17.1 Å². The van der Waals surface area contributed by atoms with Crippen LogP contribution in [0.4, 0.5) is 45.5 Å². The third kappa shape index (κ3) is 13.3. The molecule has 0 atom stereocenters. The van der Waals surface area contributed by atoms with Gasteiger partial charge in [0, 0.05) is 70.3 Å². The smallest absolute Gasteiger partial charge is 1.00 e. The fourth-order valence-corrected chi connectivity index (χ4v) is 25.1. The molecule has 2 spiro atoms. The zero-order valence-corrected chi connectivity index (χ0v) is 72.4. The minimum atomic E-state index is -0.0976. The van der Waals surface area contributed by atoms with E-state index in [1.807, 2.05) is 6.07 Å². The molecule has 15 aromatic rings. The van der Waals surface area contributed by atoms with Crippen molar-refractivity contribution in [2.75, 3.05) is 15.1 Å². The zero-order valence-electron chi connectivity index (χ0n) is 67.1. The van der Waals surface area contributed by atoms with Crippen LogP contribution in [0.5, 0.6) is 0 Å². The summed E-state index contributed by atoms with van der Waals surface area (Å²) in [4.78, 5) is 5.17. The van der Waals surface area contributed by atoms with Gasteiger partial charge in [-0.2, -0.15) is 0 Å². The van der Waals surface area contributed by atoms with Gasteiger partial charge in [-0.1, -0.05) is 308 Å². The summed E-state index contributed by atoms with van der Waals surface area (Å²) in [7, 11) is 0. The third-order valence-corrected chi connectivity index (χ3v) is 29.4. The normalized spacial score (nSPS) is 21.8. The number of para-hydroxylation sites is 6. The second kappa shape index (κ2) is 32.5. The van der Waals surface area contributed by atoms with Crippen molar-refractivity contribution < 1.29 is 52.8 Å². The molecule has 0 radical (unpaired) electrons. The van der Waals surface area contributed by atoms with Crippen LogP contribution in [-0.2, 0) is 10.8 Å². The maximum Gasteiger partial charge on any atom is 1.00 e. The number of nitrogens with one attached hydrogen (secondary N) is 1. The van der Waals surface area contributed by atoms with Gasteiger partial charge in [0.25, 0.3) is 0 Å². The van der Waals surface area contributed by atoms with Crippen molar-refractivity contribution in [2.24, 2.45) is 47.3 Å². The Hall–Kier alpha value is -9.18. The van der Waals surface area contributed by atoms with E-state index in [0.717, 1.165) is 46.9 Å². The molecule has 8 saturated carbocycles. The SMILES string of the molecule is Brc1ccc2c(c1)C1(c3cc(Br)c4ccccc4c3-2)C2CC3CC(C2)CC1C3.C.C.Cc1ccccc1N(c1ccc2c(c1)C1(c3cc(N(c4ccccc4C)c4ccccc4-c4ccccc4)c4ccccc4c3-2)C2CC3CC(C2)CC1C3)c1ccccc1-c1ccccc1.Cc1ccccc1Nc1ccccc1-c1ccccc1.[H-].[K+]. The molecule has 117 heavy (non-hydrogen) atoms. The quantitative estimate of drug-likeness (QED) is 0.130. The van der Waals surface area contributed by atoms with Crippen molar-refractivity contribution in [2.45, 2.75) is 111 Å². The summed E-state index contributed by atoms with van der Waals surface area (Å²) in [6.07, 6.45) is 13.9. The van der Waals surface area contributed by atoms with Crippen LogP contribution in [0.1, 0.15) is 119 Å². The molecule has 8 fully saturated rings. The van der Waals surface area contributed by atoms with Crippen molar-refractivity contribution >= 4 is 98.9 Å². The summed E-state index contributed by atoms with van der Waals surface area (Å²) < 4.78 is 2.50. The summed E-state index contributed by atoms with van der Waals surface area (Å²) in [5.41, 5.74) is 33.1. The average molecular weight is 1680 g/mol. The number of nitrogens with zero attached hydrogens (tertiary/aromatic N) is 2. The van der Waals surface area contributed by atoms with E-state index in [1.165, 1.54) is 201 Å². The first-order valence-electron chi connectivity index (χ1n) is 41.8. The van der Waals surface area contributed by atoms with Crippen LogP contribution in [0.25, 0.3) is 77.2 Å². The Kier molecular flexibility index (Phi) is 21.9. The van der Waals surface area contributed by atoms with Gasteiger partial charge in [0.1, 0.15) is 0 Å². The number of hydrogen-bond acceptors (Lipinski definition) is 3. The monoisotopic (exact) mass is 1670 g/mol. The molecule has 0 saturated heterocycles. The molecule has 0 aliphatic heterocycles.